The van der Waals surface area contributed by atoms with Crippen molar-refractivity contribution in [1.29, 1.82) is 0 Å². The molecule has 2 fully saturated rings. The molecule has 2 aliphatic heterocycles. The average molecular weight is 212 g/mol. The molecule has 0 saturated carbocycles. The van der Waals surface area contributed by atoms with Gasteiger partial charge in [-0.2, -0.15) is 0 Å². The van der Waals surface area contributed by atoms with Crippen LogP contribution in [0.5, 0.6) is 0 Å². The smallest absolute Gasteiger partial charge is 0.0710 e. The van der Waals surface area contributed by atoms with Crippen molar-refractivity contribution in [1.82, 2.24) is 10.2 Å². The molecule has 2 rings (SSSR count). The lowest BCUT2D eigenvalue weighted by atomic mass is 9.95. The van der Waals surface area contributed by atoms with Crippen LogP contribution in [0.25, 0.3) is 0 Å². The van der Waals surface area contributed by atoms with Gasteiger partial charge in [0, 0.05) is 18.6 Å². The first-order chi connectivity index (χ1) is 7.31. The molecule has 0 spiro atoms. The summed E-state index contributed by atoms with van der Waals surface area (Å²) in [6, 6.07) is 0.982. The van der Waals surface area contributed by atoms with E-state index in [4.69, 9.17) is 0 Å². The van der Waals surface area contributed by atoms with Crippen LogP contribution in [0.2, 0.25) is 0 Å². The fraction of sp³-hybridized carbons (Fsp3) is 1.00. The number of nitrogens with one attached hydrogen (secondary N) is 1. The second-order valence-corrected chi connectivity index (χ2v) is 5.01. The highest BCUT2D eigenvalue weighted by Crippen LogP contribution is 2.27. The molecule has 0 aromatic carbocycles. The van der Waals surface area contributed by atoms with Crippen molar-refractivity contribution in [3.63, 3.8) is 0 Å². The van der Waals surface area contributed by atoms with E-state index in [0.717, 1.165) is 19.5 Å². The molecule has 0 amide bonds. The first kappa shape index (κ1) is 11.4. The van der Waals surface area contributed by atoms with Crippen molar-refractivity contribution >= 4 is 0 Å². The molecule has 3 nitrogen and oxygen atoms in total. The minimum absolute atomic E-state index is 0.0969. The number of piperidine rings is 1. The lowest BCUT2D eigenvalue weighted by Crippen LogP contribution is -2.54. The number of nitrogens with zero attached hydrogens (tertiary/aromatic N) is 1. The second-order valence-electron chi connectivity index (χ2n) is 5.01. The normalized spacial score (nSPS) is 36.8. The van der Waals surface area contributed by atoms with Gasteiger partial charge in [0.2, 0.25) is 0 Å². The molecule has 0 aromatic rings. The second kappa shape index (κ2) is 5.28. The fourth-order valence-corrected chi connectivity index (χ4v) is 2.95. The first-order valence-corrected chi connectivity index (χ1v) is 6.46. The van der Waals surface area contributed by atoms with Crippen molar-refractivity contribution in [3.05, 3.63) is 0 Å². The molecular formula is C12H24N2O. The monoisotopic (exact) mass is 212 g/mol. The minimum atomic E-state index is -0.0969. The number of aliphatic hydroxyl groups is 1. The Morgan fingerprint density at radius 1 is 1.47 bits per heavy atom. The van der Waals surface area contributed by atoms with E-state index < -0.39 is 0 Å². The zero-order valence-electron chi connectivity index (χ0n) is 9.78. The van der Waals surface area contributed by atoms with E-state index in [1.807, 2.05) is 0 Å². The van der Waals surface area contributed by atoms with Crippen LogP contribution in [-0.2, 0) is 0 Å². The molecule has 3 atom stereocenters. The average Bonchev–Trinajstić information content (AvgIpc) is 2.66. The van der Waals surface area contributed by atoms with Crippen molar-refractivity contribution < 1.29 is 5.11 Å². The Kier molecular flexibility index (Phi) is 4.00. The van der Waals surface area contributed by atoms with Crippen LogP contribution in [0, 0.1) is 0 Å². The van der Waals surface area contributed by atoms with Crippen molar-refractivity contribution in [3.8, 4) is 0 Å². The van der Waals surface area contributed by atoms with E-state index in [0.29, 0.717) is 12.1 Å². The Bertz CT molecular complexity index is 198. The highest BCUT2D eigenvalue weighted by atomic mass is 16.3. The van der Waals surface area contributed by atoms with Crippen molar-refractivity contribution in [2.24, 2.45) is 0 Å². The fourth-order valence-electron chi connectivity index (χ4n) is 2.95. The summed E-state index contributed by atoms with van der Waals surface area (Å²) in [5, 5.41) is 13.6. The van der Waals surface area contributed by atoms with Gasteiger partial charge in [-0.05, 0) is 38.8 Å². The third-order valence-electron chi connectivity index (χ3n) is 3.80. The molecule has 0 aliphatic carbocycles. The molecule has 3 unspecified atom stereocenters. The summed E-state index contributed by atoms with van der Waals surface area (Å²) in [5.74, 6) is 0. The third-order valence-corrected chi connectivity index (χ3v) is 3.80. The van der Waals surface area contributed by atoms with Crippen LogP contribution in [0.1, 0.15) is 39.0 Å². The summed E-state index contributed by atoms with van der Waals surface area (Å²) < 4.78 is 0. The zero-order valence-corrected chi connectivity index (χ0v) is 9.78. The largest absolute Gasteiger partial charge is 0.391 e. The molecule has 2 heterocycles. The lowest BCUT2D eigenvalue weighted by Gasteiger charge is -2.39. The third kappa shape index (κ3) is 2.71. The van der Waals surface area contributed by atoms with Gasteiger partial charge in [0.15, 0.2) is 0 Å². The maximum atomic E-state index is 10.0. The van der Waals surface area contributed by atoms with Crippen LogP contribution in [0.15, 0.2) is 0 Å². The van der Waals surface area contributed by atoms with Crippen LogP contribution < -0.4 is 5.32 Å². The SMILES string of the molecule is CCCCNC1CC(O)C2CCCN2C1. The molecule has 0 bridgehead atoms. The highest BCUT2D eigenvalue weighted by molar-refractivity contribution is 4.94. The summed E-state index contributed by atoms with van der Waals surface area (Å²) in [4.78, 5) is 2.47. The molecule has 3 heteroatoms. The molecule has 88 valence electrons. The quantitative estimate of drug-likeness (QED) is 0.682. The van der Waals surface area contributed by atoms with Crippen LogP contribution >= 0.6 is 0 Å². The van der Waals surface area contributed by atoms with Crippen LogP contribution in [-0.4, -0.2) is 47.8 Å². The van der Waals surface area contributed by atoms with Gasteiger partial charge >= 0.3 is 0 Å². The minimum Gasteiger partial charge on any atom is -0.391 e. The Hall–Kier alpha value is -0.120. The summed E-state index contributed by atoms with van der Waals surface area (Å²) in [6.07, 6.45) is 5.81. The van der Waals surface area contributed by atoms with E-state index in [1.54, 1.807) is 0 Å². The van der Waals surface area contributed by atoms with Gasteiger partial charge < -0.3 is 10.4 Å². The van der Waals surface area contributed by atoms with E-state index in [-0.39, 0.29) is 6.10 Å². The van der Waals surface area contributed by atoms with E-state index in [9.17, 15) is 5.11 Å². The number of fused-ring (bicyclic) bond motifs is 1. The molecule has 2 N–H and O–H groups in total. The zero-order chi connectivity index (χ0) is 10.7. The standard InChI is InChI=1S/C12H24N2O/c1-2-3-6-13-10-8-12(15)11-5-4-7-14(11)9-10/h10-13,15H,2-9H2,1H3. The van der Waals surface area contributed by atoms with Gasteiger partial charge in [-0.1, -0.05) is 13.3 Å². The number of rotatable bonds is 4. The van der Waals surface area contributed by atoms with Crippen molar-refractivity contribution in [2.45, 2.75) is 57.2 Å². The lowest BCUT2D eigenvalue weighted by molar-refractivity contribution is 0.0180. The molecule has 2 aliphatic rings. The Morgan fingerprint density at radius 2 is 2.33 bits per heavy atom. The molecule has 0 radical (unpaired) electrons. The van der Waals surface area contributed by atoms with Gasteiger partial charge in [-0.15, -0.1) is 0 Å². The summed E-state index contributed by atoms with van der Waals surface area (Å²) in [6.45, 7) is 5.65. The number of unbranched alkanes of at least 4 members (excludes halogenated alkanes) is 1. The number of hydrogen-bond donors (Lipinski definition) is 2. The number of hydrogen-bond acceptors (Lipinski definition) is 3. The predicted octanol–water partition coefficient (Wildman–Crippen LogP) is 0.974. The predicted molar refractivity (Wildman–Crippen MR) is 61.9 cm³/mol. The van der Waals surface area contributed by atoms with Gasteiger partial charge in [0.1, 0.15) is 0 Å². The maximum Gasteiger partial charge on any atom is 0.0710 e. The molecular weight excluding hydrogens is 188 g/mol. The summed E-state index contributed by atoms with van der Waals surface area (Å²) >= 11 is 0. The van der Waals surface area contributed by atoms with Gasteiger partial charge in [0.25, 0.3) is 0 Å². The van der Waals surface area contributed by atoms with E-state index in [2.05, 4.69) is 17.1 Å². The molecule has 0 aromatic heterocycles. The molecule has 15 heavy (non-hydrogen) atoms. The highest BCUT2D eigenvalue weighted by Gasteiger charge is 2.37. The Balaban J connectivity index is 1.78. The summed E-state index contributed by atoms with van der Waals surface area (Å²) in [7, 11) is 0. The van der Waals surface area contributed by atoms with Gasteiger partial charge in [0.05, 0.1) is 6.10 Å². The van der Waals surface area contributed by atoms with Crippen LogP contribution in [0.3, 0.4) is 0 Å². The number of aliphatic hydroxyl groups excluding tert-OH is 1. The van der Waals surface area contributed by atoms with Gasteiger partial charge in [-0.3, -0.25) is 4.90 Å². The van der Waals surface area contributed by atoms with E-state index >= 15 is 0 Å². The van der Waals surface area contributed by atoms with Crippen molar-refractivity contribution in [2.75, 3.05) is 19.6 Å². The topological polar surface area (TPSA) is 35.5 Å². The van der Waals surface area contributed by atoms with Crippen LogP contribution in [0.4, 0.5) is 0 Å². The Labute approximate surface area is 92.8 Å². The maximum absolute atomic E-state index is 10.0. The van der Waals surface area contributed by atoms with Gasteiger partial charge in [-0.25, -0.2) is 0 Å². The van der Waals surface area contributed by atoms with E-state index in [1.165, 1.54) is 32.2 Å². The first-order valence-electron chi connectivity index (χ1n) is 6.46. The Morgan fingerprint density at radius 3 is 3.13 bits per heavy atom. The molecule has 2 saturated heterocycles. The summed E-state index contributed by atoms with van der Waals surface area (Å²) in [5.41, 5.74) is 0.